The third kappa shape index (κ3) is 4.65. The third-order valence-corrected chi connectivity index (χ3v) is 4.50. The van der Waals surface area contributed by atoms with E-state index in [4.69, 9.17) is 0 Å². The highest BCUT2D eigenvalue weighted by atomic mass is 19.1. The lowest BCUT2D eigenvalue weighted by Crippen LogP contribution is -2.32. The first-order chi connectivity index (χ1) is 12.6. The largest absolute Gasteiger partial charge is 0.347 e. The van der Waals surface area contributed by atoms with Crippen molar-refractivity contribution in [3.63, 3.8) is 0 Å². The van der Waals surface area contributed by atoms with Gasteiger partial charge in [-0.1, -0.05) is 25.0 Å². The summed E-state index contributed by atoms with van der Waals surface area (Å²) < 4.78 is 12.9. The van der Waals surface area contributed by atoms with E-state index in [1.807, 2.05) is 4.90 Å². The number of benzene rings is 1. The van der Waals surface area contributed by atoms with Gasteiger partial charge in [0.15, 0.2) is 0 Å². The lowest BCUT2D eigenvalue weighted by molar-refractivity contribution is 0.0761. The van der Waals surface area contributed by atoms with Gasteiger partial charge in [0, 0.05) is 31.4 Å². The summed E-state index contributed by atoms with van der Waals surface area (Å²) in [6, 6.07) is 9.10. The Morgan fingerprint density at radius 3 is 2.42 bits per heavy atom. The molecule has 0 aliphatic carbocycles. The van der Waals surface area contributed by atoms with Gasteiger partial charge in [0.05, 0.1) is 0 Å². The number of amides is 2. The summed E-state index contributed by atoms with van der Waals surface area (Å²) in [7, 11) is 0. The second kappa shape index (κ2) is 8.56. The average Bonchev–Trinajstić information content (AvgIpc) is 2.96. The van der Waals surface area contributed by atoms with Crippen molar-refractivity contribution in [3.05, 3.63) is 65.2 Å². The van der Waals surface area contributed by atoms with Crippen molar-refractivity contribution in [1.82, 2.24) is 15.2 Å². The molecule has 2 aromatic rings. The van der Waals surface area contributed by atoms with Crippen LogP contribution in [0.2, 0.25) is 0 Å². The van der Waals surface area contributed by atoms with Crippen LogP contribution in [0, 0.1) is 5.82 Å². The fourth-order valence-electron chi connectivity index (χ4n) is 3.02. The standard InChI is InChI=1S/C20H22FN3O2/c21-17-7-5-15(6-8-17)14-23-19(25)18-13-16(9-10-22-18)20(26)24-11-3-1-2-4-12-24/h5-10,13H,1-4,11-12,14H2,(H,23,25). The number of rotatable bonds is 4. The molecule has 1 aromatic carbocycles. The van der Waals surface area contributed by atoms with Crippen LogP contribution in [0.25, 0.3) is 0 Å². The molecule has 5 nitrogen and oxygen atoms in total. The number of hydrogen-bond acceptors (Lipinski definition) is 3. The van der Waals surface area contributed by atoms with Crippen molar-refractivity contribution in [2.24, 2.45) is 0 Å². The van der Waals surface area contributed by atoms with Crippen molar-refractivity contribution in [2.45, 2.75) is 32.2 Å². The van der Waals surface area contributed by atoms with Crippen LogP contribution in [0.3, 0.4) is 0 Å². The molecule has 26 heavy (non-hydrogen) atoms. The highest BCUT2D eigenvalue weighted by Crippen LogP contribution is 2.14. The summed E-state index contributed by atoms with van der Waals surface area (Å²) in [5, 5.41) is 2.74. The molecule has 0 radical (unpaired) electrons. The van der Waals surface area contributed by atoms with Crippen molar-refractivity contribution in [3.8, 4) is 0 Å². The zero-order chi connectivity index (χ0) is 18.4. The Hall–Kier alpha value is -2.76. The van der Waals surface area contributed by atoms with Crippen molar-refractivity contribution in [1.29, 1.82) is 0 Å². The Bertz CT molecular complexity index is 769. The topological polar surface area (TPSA) is 62.3 Å². The van der Waals surface area contributed by atoms with Crippen LogP contribution in [0.4, 0.5) is 4.39 Å². The minimum Gasteiger partial charge on any atom is -0.347 e. The third-order valence-electron chi connectivity index (χ3n) is 4.50. The first-order valence-electron chi connectivity index (χ1n) is 8.91. The minimum atomic E-state index is -0.361. The van der Waals surface area contributed by atoms with Gasteiger partial charge in [-0.3, -0.25) is 14.6 Å². The van der Waals surface area contributed by atoms with Gasteiger partial charge in [0.25, 0.3) is 11.8 Å². The molecular formula is C20H22FN3O2. The SMILES string of the molecule is O=C(NCc1ccc(F)cc1)c1cc(C(=O)N2CCCCCC2)ccn1. The highest BCUT2D eigenvalue weighted by Gasteiger charge is 2.19. The Labute approximate surface area is 152 Å². The van der Waals surface area contributed by atoms with Gasteiger partial charge in [-0.15, -0.1) is 0 Å². The molecule has 0 saturated carbocycles. The van der Waals surface area contributed by atoms with Crippen molar-refractivity contribution < 1.29 is 14.0 Å². The molecule has 1 fully saturated rings. The normalized spacial score (nSPS) is 14.6. The number of likely N-dealkylation sites (tertiary alicyclic amines) is 1. The summed E-state index contributed by atoms with van der Waals surface area (Å²) in [4.78, 5) is 30.9. The van der Waals surface area contributed by atoms with E-state index in [1.54, 1.807) is 18.2 Å². The molecular weight excluding hydrogens is 333 g/mol. The Morgan fingerprint density at radius 2 is 1.73 bits per heavy atom. The Balaban J connectivity index is 1.64. The van der Waals surface area contributed by atoms with E-state index in [0.29, 0.717) is 5.56 Å². The summed E-state index contributed by atoms with van der Waals surface area (Å²) in [6.07, 6.45) is 5.82. The fourth-order valence-corrected chi connectivity index (χ4v) is 3.02. The van der Waals surface area contributed by atoms with Crippen LogP contribution >= 0.6 is 0 Å². The van der Waals surface area contributed by atoms with Crippen LogP contribution in [-0.2, 0) is 6.54 Å². The monoisotopic (exact) mass is 355 g/mol. The second-order valence-electron chi connectivity index (χ2n) is 6.45. The number of pyridine rings is 1. The van der Waals surface area contributed by atoms with Crippen LogP contribution in [0.5, 0.6) is 0 Å². The molecule has 0 atom stereocenters. The summed E-state index contributed by atoms with van der Waals surface area (Å²) >= 11 is 0. The van der Waals surface area contributed by atoms with Gasteiger partial charge < -0.3 is 10.2 Å². The number of halogens is 1. The number of hydrogen-bond donors (Lipinski definition) is 1. The maximum absolute atomic E-state index is 12.9. The van der Waals surface area contributed by atoms with Gasteiger partial charge in [0.1, 0.15) is 11.5 Å². The minimum absolute atomic E-state index is 0.0538. The number of aromatic nitrogens is 1. The zero-order valence-electron chi connectivity index (χ0n) is 14.6. The number of nitrogens with one attached hydrogen (secondary N) is 1. The van der Waals surface area contributed by atoms with Gasteiger partial charge >= 0.3 is 0 Å². The molecule has 2 heterocycles. The predicted octanol–water partition coefficient (Wildman–Crippen LogP) is 3.17. The molecule has 136 valence electrons. The summed E-state index contributed by atoms with van der Waals surface area (Å²) in [5.74, 6) is -0.733. The van der Waals surface area contributed by atoms with Gasteiger partial charge in [-0.2, -0.15) is 0 Å². The smallest absolute Gasteiger partial charge is 0.270 e. The van der Waals surface area contributed by atoms with Gasteiger partial charge in [0.2, 0.25) is 0 Å². The van der Waals surface area contributed by atoms with Crippen LogP contribution < -0.4 is 5.32 Å². The maximum Gasteiger partial charge on any atom is 0.270 e. The van der Waals surface area contributed by atoms with Crippen LogP contribution in [-0.4, -0.2) is 34.8 Å². The zero-order valence-corrected chi connectivity index (χ0v) is 14.6. The van der Waals surface area contributed by atoms with Crippen LogP contribution in [0.1, 0.15) is 52.1 Å². The molecule has 1 saturated heterocycles. The molecule has 1 N–H and O–H groups in total. The van der Waals surface area contributed by atoms with E-state index in [-0.39, 0.29) is 29.9 Å². The van der Waals surface area contributed by atoms with Crippen LogP contribution in [0.15, 0.2) is 42.6 Å². The van der Waals surface area contributed by atoms with E-state index in [9.17, 15) is 14.0 Å². The second-order valence-corrected chi connectivity index (χ2v) is 6.45. The molecule has 1 aromatic heterocycles. The molecule has 1 aliphatic rings. The quantitative estimate of drug-likeness (QED) is 0.916. The van der Waals surface area contributed by atoms with E-state index in [0.717, 1.165) is 44.3 Å². The molecule has 2 amide bonds. The van der Waals surface area contributed by atoms with E-state index >= 15 is 0 Å². The first-order valence-corrected chi connectivity index (χ1v) is 8.91. The average molecular weight is 355 g/mol. The lowest BCUT2D eigenvalue weighted by Gasteiger charge is -2.20. The molecule has 0 unspecified atom stereocenters. The summed E-state index contributed by atoms with van der Waals surface area (Å²) in [5.41, 5.74) is 1.47. The van der Waals surface area contributed by atoms with E-state index in [2.05, 4.69) is 10.3 Å². The van der Waals surface area contributed by atoms with Gasteiger partial charge in [-0.25, -0.2) is 4.39 Å². The highest BCUT2D eigenvalue weighted by molar-refractivity contribution is 5.98. The molecule has 1 aliphatic heterocycles. The van der Waals surface area contributed by atoms with E-state index in [1.165, 1.54) is 24.4 Å². The van der Waals surface area contributed by atoms with Crippen molar-refractivity contribution >= 4 is 11.8 Å². The maximum atomic E-state index is 12.9. The Morgan fingerprint density at radius 1 is 1.04 bits per heavy atom. The molecule has 6 heteroatoms. The molecule has 3 rings (SSSR count). The molecule has 0 bridgehead atoms. The number of nitrogens with zero attached hydrogens (tertiary/aromatic N) is 2. The lowest BCUT2D eigenvalue weighted by atomic mass is 10.1. The number of carbonyl (C=O) groups excluding carboxylic acids is 2. The van der Waals surface area contributed by atoms with Crippen molar-refractivity contribution in [2.75, 3.05) is 13.1 Å². The van der Waals surface area contributed by atoms with Gasteiger partial charge in [-0.05, 0) is 42.7 Å². The predicted molar refractivity (Wildman–Crippen MR) is 96.2 cm³/mol. The Kier molecular flexibility index (Phi) is 5.94. The molecule has 0 spiro atoms. The number of carbonyl (C=O) groups is 2. The van der Waals surface area contributed by atoms with E-state index < -0.39 is 0 Å². The first kappa shape index (κ1) is 18.0. The fraction of sp³-hybridized carbons (Fsp3) is 0.350. The summed E-state index contributed by atoms with van der Waals surface area (Å²) in [6.45, 7) is 1.78.